The van der Waals surface area contributed by atoms with Gasteiger partial charge in [-0.2, -0.15) is 0 Å². The van der Waals surface area contributed by atoms with Crippen LogP contribution in [0.2, 0.25) is 0 Å². The topological polar surface area (TPSA) is 66.9 Å². The molecule has 3 rings (SSSR count). The van der Waals surface area contributed by atoms with Gasteiger partial charge in [0.05, 0.1) is 17.2 Å². The Morgan fingerprint density at radius 3 is 2.32 bits per heavy atom. The van der Waals surface area contributed by atoms with Crippen molar-refractivity contribution in [2.24, 2.45) is 0 Å². The minimum atomic E-state index is -3.72. The maximum absolute atomic E-state index is 13.0. The first-order valence-corrected chi connectivity index (χ1v) is 11.4. The van der Waals surface area contributed by atoms with Gasteiger partial charge in [0.25, 0.3) is 15.9 Å². The summed E-state index contributed by atoms with van der Waals surface area (Å²) in [6, 6.07) is 22.4. The normalized spacial score (nSPS) is 11.1. The Labute approximate surface area is 183 Å². The number of amides is 1. The fraction of sp³-hybridized carbons (Fsp3) is 0.208. The lowest BCUT2D eigenvalue weighted by Crippen LogP contribution is -2.28. The minimum Gasteiger partial charge on any atom is -0.494 e. The van der Waals surface area contributed by atoms with Crippen molar-refractivity contribution in [3.63, 3.8) is 0 Å². The maximum Gasteiger partial charge on any atom is 0.264 e. The summed E-state index contributed by atoms with van der Waals surface area (Å²) < 4.78 is 32.5. The van der Waals surface area contributed by atoms with E-state index in [1.807, 2.05) is 31.2 Å². The predicted octanol–water partition coefficient (Wildman–Crippen LogP) is 4.18. The molecule has 0 bridgehead atoms. The monoisotopic (exact) mass is 438 g/mol. The van der Waals surface area contributed by atoms with Crippen molar-refractivity contribution in [2.45, 2.75) is 18.4 Å². The molecule has 0 aliphatic rings. The summed E-state index contributed by atoms with van der Waals surface area (Å²) in [7, 11) is -0.523. The molecule has 0 saturated carbocycles. The Balaban J connectivity index is 1.79. The van der Waals surface area contributed by atoms with Crippen LogP contribution in [0.25, 0.3) is 0 Å². The van der Waals surface area contributed by atoms with E-state index in [0.29, 0.717) is 24.4 Å². The Bertz CT molecular complexity index is 1150. The Kier molecular flexibility index (Phi) is 6.97. The van der Waals surface area contributed by atoms with Gasteiger partial charge in [0.2, 0.25) is 0 Å². The molecule has 31 heavy (non-hydrogen) atoms. The molecule has 0 fully saturated rings. The largest absolute Gasteiger partial charge is 0.494 e. The lowest BCUT2D eigenvalue weighted by Gasteiger charge is -2.22. The third-order valence-electron chi connectivity index (χ3n) is 4.83. The molecule has 162 valence electrons. The summed E-state index contributed by atoms with van der Waals surface area (Å²) in [6.45, 7) is 2.90. The van der Waals surface area contributed by atoms with E-state index in [0.717, 1.165) is 11.3 Å². The number of ether oxygens (including phenoxy) is 1. The highest BCUT2D eigenvalue weighted by Crippen LogP contribution is 2.23. The van der Waals surface area contributed by atoms with Crippen LogP contribution in [0.1, 0.15) is 22.8 Å². The summed E-state index contributed by atoms with van der Waals surface area (Å²) in [5, 5.41) is 0. The molecule has 6 nitrogen and oxygen atoms in total. The highest BCUT2D eigenvalue weighted by atomic mass is 32.2. The molecular weight excluding hydrogens is 412 g/mol. The molecule has 3 aromatic carbocycles. The van der Waals surface area contributed by atoms with Gasteiger partial charge in [-0.3, -0.25) is 9.10 Å². The van der Waals surface area contributed by atoms with E-state index in [1.165, 1.54) is 11.4 Å². The number of nitrogens with zero attached hydrogens (tertiary/aromatic N) is 2. The zero-order valence-electron chi connectivity index (χ0n) is 17.9. The molecule has 0 heterocycles. The lowest BCUT2D eigenvalue weighted by atomic mass is 10.1. The van der Waals surface area contributed by atoms with Gasteiger partial charge in [0.15, 0.2) is 0 Å². The van der Waals surface area contributed by atoms with Crippen molar-refractivity contribution in [1.29, 1.82) is 0 Å². The van der Waals surface area contributed by atoms with Crippen LogP contribution in [-0.2, 0) is 16.6 Å². The minimum absolute atomic E-state index is 0.195. The quantitative estimate of drug-likeness (QED) is 0.529. The molecule has 0 saturated heterocycles. The molecular formula is C24H26N2O4S. The van der Waals surface area contributed by atoms with Crippen LogP contribution in [0.3, 0.4) is 0 Å². The highest BCUT2D eigenvalue weighted by Gasteiger charge is 2.22. The highest BCUT2D eigenvalue weighted by molar-refractivity contribution is 7.92. The van der Waals surface area contributed by atoms with Gasteiger partial charge < -0.3 is 9.64 Å². The first-order chi connectivity index (χ1) is 14.8. The van der Waals surface area contributed by atoms with Crippen molar-refractivity contribution < 1.29 is 17.9 Å². The summed E-state index contributed by atoms with van der Waals surface area (Å²) in [6.07, 6.45) is 0. The zero-order valence-corrected chi connectivity index (χ0v) is 18.7. The van der Waals surface area contributed by atoms with E-state index in [2.05, 4.69) is 0 Å². The first-order valence-electron chi connectivity index (χ1n) is 9.94. The molecule has 0 N–H and O–H groups in total. The molecule has 0 unspecified atom stereocenters. The zero-order chi connectivity index (χ0) is 22.4. The van der Waals surface area contributed by atoms with Crippen molar-refractivity contribution in [1.82, 2.24) is 4.90 Å². The Morgan fingerprint density at radius 2 is 1.61 bits per heavy atom. The van der Waals surface area contributed by atoms with Crippen LogP contribution in [0.15, 0.2) is 83.8 Å². The van der Waals surface area contributed by atoms with Crippen molar-refractivity contribution in [2.75, 3.05) is 25.0 Å². The molecule has 7 heteroatoms. The fourth-order valence-electron chi connectivity index (χ4n) is 3.19. The second kappa shape index (κ2) is 9.66. The second-order valence-electron chi connectivity index (χ2n) is 7.08. The number of hydrogen-bond acceptors (Lipinski definition) is 4. The van der Waals surface area contributed by atoms with Crippen molar-refractivity contribution in [3.8, 4) is 5.75 Å². The van der Waals surface area contributed by atoms with Gasteiger partial charge in [-0.05, 0) is 55.0 Å². The number of hydrogen-bond donors (Lipinski definition) is 0. The van der Waals surface area contributed by atoms with Crippen LogP contribution in [-0.4, -0.2) is 39.9 Å². The predicted molar refractivity (Wildman–Crippen MR) is 122 cm³/mol. The van der Waals surface area contributed by atoms with Crippen molar-refractivity contribution >= 4 is 21.6 Å². The van der Waals surface area contributed by atoms with Crippen LogP contribution in [0.4, 0.5) is 5.69 Å². The van der Waals surface area contributed by atoms with Crippen LogP contribution in [0, 0.1) is 0 Å². The molecule has 0 aromatic heterocycles. The molecule has 0 atom stereocenters. The standard InChI is InChI=1S/C24H26N2O4S/c1-4-30-22-13-8-10-19(16-22)18-25(2)24(27)20-11-9-12-21(17-20)26(3)31(28,29)23-14-6-5-7-15-23/h5-17H,4,18H2,1-3H3. The van der Waals surface area contributed by atoms with E-state index in [-0.39, 0.29) is 10.8 Å². The third-order valence-corrected chi connectivity index (χ3v) is 6.63. The third kappa shape index (κ3) is 5.24. The van der Waals surface area contributed by atoms with E-state index < -0.39 is 10.0 Å². The average molecular weight is 439 g/mol. The van der Waals surface area contributed by atoms with Gasteiger partial charge in [-0.15, -0.1) is 0 Å². The van der Waals surface area contributed by atoms with E-state index in [9.17, 15) is 13.2 Å². The molecule has 0 radical (unpaired) electrons. The second-order valence-corrected chi connectivity index (χ2v) is 9.05. The van der Waals surface area contributed by atoms with Gasteiger partial charge in [-0.1, -0.05) is 36.4 Å². The summed E-state index contributed by atoms with van der Waals surface area (Å²) in [5.74, 6) is 0.560. The van der Waals surface area contributed by atoms with Gasteiger partial charge in [0, 0.05) is 26.2 Å². The van der Waals surface area contributed by atoms with Gasteiger partial charge in [0.1, 0.15) is 5.75 Å². The Morgan fingerprint density at radius 1 is 0.903 bits per heavy atom. The molecule has 0 aliphatic heterocycles. The molecule has 0 aliphatic carbocycles. The Hall–Kier alpha value is -3.32. The van der Waals surface area contributed by atoms with Crippen LogP contribution < -0.4 is 9.04 Å². The van der Waals surface area contributed by atoms with E-state index in [1.54, 1.807) is 66.5 Å². The fourth-order valence-corrected chi connectivity index (χ4v) is 4.40. The number of carbonyl (C=O) groups excluding carboxylic acids is 1. The van der Waals surface area contributed by atoms with Gasteiger partial charge >= 0.3 is 0 Å². The molecule has 1 amide bonds. The number of benzene rings is 3. The molecule has 3 aromatic rings. The first kappa shape index (κ1) is 22.4. The van der Waals surface area contributed by atoms with Crippen molar-refractivity contribution in [3.05, 3.63) is 90.0 Å². The number of rotatable bonds is 8. The van der Waals surface area contributed by atoms with E-state index >= 15 is 0 Å². The summed E-state index contributed by atoms with van der Waals surface area (Å²) >= 11 is 0. The van der Waals surface area contributed by atoms with Crippen LogP contribution in [0.5, 0.6) is 5.75 Å². The van der Waals surface area contributed by atoms with Gasteiger partial charge in [-0.25, -0.2) is 8.42 Å². The summed E-state index contributed by atoms with van der Waals surface area (Å²) in [5.41, 5.74) is 1.78. The molecule has 0 spiro atoms. The maximum atomic E-state index is 13.0. The SMILES string of the molecule is CCOc1cccc(CN(C)C(=O)c2cccc(N(C)S(=O)(=O)c3ccccc3)c2)c1. The van der Waals surface area contributed by atoms with Crippen LogP contribution >= 0.6 is 0 Å². The smallest absolute Gasteiger partial charge is 0.264 e. The number of sulfonamides is 1. The average Bonchev–Trinajstić information content (AvgIpc) is 2.79. The number of anilines is 1. The lowest BCUT2D eigenvalue weighted by molar-refractivity contribution is 0.0785. The van der Waals surface area contributed by atoms with E-state index in [4.69, 9.17) is 4.74 Å². The summed E-state index contributed by atoms with van der Waals surface area (Å²) in [4.78, 5) is 14.8. The number of carbonyl (C=O) groups is 1.